The molecule has 2 aromatic rings. The first-order valence-corrected chi connectivity index (χ1v) is 12.3. The van der Waals surface area contributed by atoms with Gasteiger partial charge in [0.2, 0.25) is 5.95 Å². The second-order valence-electron chi connectivity index (χ2n) is 7.06. The number of esters is 1. The highest BCUT2D eigenvalue weighted by atomic mass is 32.2. The number of anilines is 1. The van der Waals surface area contributed by atoms with Crippen LogP contribution in [0, 0.1) is 0 Å². The third-order valence-electron chi connectivity index (χ3n) is 4.83. The van der Waals surface area contributed by atoms with Crippen molar-refractivity contribution in [1.29, 1.82) is 0 Å². The van der Waals surface area contributed by atoms with E-state index in [0.29, 0.717) is 23.9 Å². The number of carbonyl (C=O) groups is 1. The molecule has 2 saturated heterocycles. The van der Waals surface area contributed by atoms with E-state index in [2.05, 4.69) is 15.0 Å². The average molecular weight is 492 g/mol. The number of imidazole rings is 1. The quantitative estimate of drug-likeness (QED) is 0.143. The van der Waals surface area contributed by atoms with Crippen LogP contribution in [0.1, 0.15) is 26.0 Å². The molecule has 0 radical (unpaired) electrons. The maximum absolute atomic E-state index is 12.4. The van der Waals surface area contributed by atoms with Crippen molar-refractivity contribution in [2.24, 2.45) is 0 Å². The van der Waals surface area contributed by atoms with Crippen LogP contribution in [0.3, 0.4) is 0 Å². The van der Waals surface area contributed by atoms with Gasteiger partial charge in [-0.15, -0.1) is 4.52 Å². The van der Waals surface area contributed by atoms with Crippen molar-refractivity contribution in [1.82, 2.24) is 19.5 Å². The lowest BCUT2D eigenvalue weighted by atomic mass is 10.1. The van der Waals surface area contributed by atoms with Crippen molar-refractivity contribution in [3.8, 4) is 0 Å². The number of H-pyrrole nitrogens is 1. The minimum Gasteiger partial charge on any atom is -0.466 e. The van der Waals surface area contributed by atoms with Crippen LogP contribution in [-0.2, 0) is 23.3 Å². The van der Waals surface area contributed by atoms with Crippen LogP contribution >= 0.6 is 19.9 Å². The number of aromatic amines is 1. The highest BCUT2D eigenvalue weighted by Crippen LogP contribution is 2.59. The van der Waals surface area contributed by atoms with Gasteiger partial charge >= 0.3 is 14.1 Å². The summed E-state index contributed by atoms with van der Waals surface area (Å²) >= 11 is 1.22. The number of aliphatic hydroxyl groups is 1. The lowest BCUT2D eigenvalue weighted by Gasteiger charge is -2.24. The minimum absolute atomic E-state index is 0.0129. The summed E-state index contributed by atoms with van der Waals surface area (Å²) < 4.78 is 22.2. The third kappa shape index (κ3) is 4.61. The van der Waals surface area contributed by atoms with Gasteiger partial charge in [-0.25, -0.2) is 4.98 Å². The smallest absolute Gasteiger partial charge is 0.466 e. The molecule has 0 aromatic carbocycles. The van der Waals surface area contributed by atoms with Crippen molar-refractivity contribution in [3.05, 3.63) is 10.4 Å². The van der Waals surface area contributed by atoms with Gasteiger partial charge in [0.15, 0.2) is 28.7 Å². The van der Waals surface area contributed by atoms with E-state index in [1.807, 2.05) is 0 Å². The molecule has 2 aliphatic rings. The lowest BCUT2D eigenvalue weighted by molar-refractivity contribution is -0.143. The lowest BCUT2D eigenvalue weighted by Crippen LogP contribution is -2.40. The van der Waals surface area contributed by atoms with E-state index in [9.17, 15) is 24.5 Å². The molecule has 2 fully saturated rings. The van der Waals surface area contributed by atoms with Crippen LogP contribution < -0.4 is 11.3 Å². The number of nitrogen functional groups attached to an aromatic ring is 1. The largest absolute Gasteiger partial charge is 0.570 e. The van der Waals surface area contributed by atoms with Gasteiger partial charge in [-0.05, 0) is 13.3 Å². The number of thioether (sulfide) groups is 1. The summed E-state index contributed by atoms with van der Waals surface area (Å²) in [6, 6.07) is 0. The third-order valence-corrected chi connectivity index (χ3v) is 6.87. The van der Waals surface area contributed by atoms with Crippen molar-refractivity contribution in [2.75, 3.05) is 24.7 Å². The maximum Gasteiger partial charge on any atom is 0.570 e. The van der Waals surface area contributed by atoms with Gasteiger partial charge in [0.05, 0.1) is 6.61 Å². The van der Waals surface area contributed by atoms with Crippen LogP contribution in [0.25, 0.3) is 11.2 Å². The van der Waals surface area contributed by atoms with Gasteiger partial charge in [-0.3, -0.25) is 19.1 Å². The zero-order valence-electron chi connectivity index (χ0n) is 16.9. The molecule has 4 heterocycles. The fourth-order valence-electron chi connectivity index (χ4n) is 3.48. The van der Waals surface area contributed by atoms with Crippen molar-refractivity contribution in [3.63, 3.8) is 0 Å². The molecular weight excluding hydrogens is 469 g/mol. The Labute approximate surface area is 185 Å². The molecule has 2 aliphatic heterocycles. The molecule has 2 aromatic heterocycles. The second kappa shape index (κ2) is 9.19. The van der Waals surface area contributed by atoms with E-state index in [4.69, 9.17) is 24.3 Å². The Kier molecular flexibility index (Phi) is 6.70. The molecule has 0 aliphatic carbocycles. The molecule has 4 atom stereocenters. The summed E-state index contributed by atoms with van der Waals surface area (Å²) in [6.45, 7) is 1.82. The van der Waals surface area contributed by atoms with Gasteiger partial charge < -0.3 is 20.3 Å². The number of carbonyl (C=O) groups excluding carboxylic acids is 1. The number of ether oxygens (including phenoxy) is 2. The SMILES string of the molecule is CCOC(=O)CCCSc1nc2c(=O)[nH]c(N)nc2n1[C@@H]1OC2CO[P+](O)(O)O[C@H]2C1O. The van der Waals surface area contributed by atoms with Crippen LogP contribution in [0.4, 0.5) is 5.95 Å². The second-order valence-corrected chi connectivity index (χ2v) is 9.57. The molecule has 0 spiro atoms. The Hall–Kier alpha value is -1.84. The van der Waals surface area contributed by atoms with Crippen LogP contribution in [0.2, 0.25) is 0 Å². The predicted molar refractivity (Wildman–Crippen MR) is 111 cm³/mol. The van der Waals surface area contributed by atoms with Crippen LogP contribution in [0.5, 0.6) is 0 Å². The summed E-state index contributed by atoms with van der Waals surface area (Å²) in [4.78, 5) is 54.2. The van der Waals surface area contributed by atoms with Crippen molar-refractivity contribution >= 4 is 43.0 Å². The number of rotatable bonds is 7. The van der Waals surface area contributed by atoms with E-state index in [0.717, 1.165) is 0 Å². The van der Waals surface area contributed by atoms with Crippen LogP contribution in [0.15, 0.2) is 9.95 Å². The highest BCUT2D eigenvalue weighted by Gasteiger charge is 2.60. The van der Waals surface area contributed by atoms with E-state index >= 15 is 0 Å². The van der Waals surface area contributed by atoms with E-state index in [1.54, 1.807) is 6.92 Å². The van der Waals surface area contributed by atoms with Gasteiger partial charge in [0, 0.05) is 12.2 Å². The zero-order valence-corrected chi connectivity index (χ0v) is 18.6. The summed E-state index contributed by atoms with van der Waals surface area (Å²) in [7, 11) is -4.06. The first kappa shape index (κ1) is 23.3. The van der Waals surface area contributed by atoms with E-state index in [-0.39, 0.29) is 36.1 Å². The molecule has 0 saturated carbocycles. The van der Waals surface area contributed by atoms with Crippen LogP contribution in [-0.4, -0.2) is 77.7 Å². The van der Waals surface area contributed by atoms with E-state index < -0.39 is 38.3 Å². The number of hydrogen-bond donors (Lipinski definition) is 5. The average Bonchev–Trinajstić information content (AvgIpc) is 3.22. The van der Waals surface area contributed by atoms with Gasteiger partial charge in [0.1, 0.15) is 18.8 Å². The summed E-state index contributed by atoms with van der Waals surface area (Å²) in [6.07, 6.45) is -3.63. The fraction of sp³-hybridized carbons (Fsp3) is 0.625. The zero-order chi connectivity index (χ0) is 23.0. The number of nitrogens with one attached hydrogen (secondary N) is 1. The Bertz CT molecular complexity index is 1060. The molecule has 176 valence electrons. The molecule has 4 rings (SSSR count). The first-order chi connectivity index (χ1) is 15.2. The van der Waals surface area contributed by atoms with E-state index in [1.165, 1.54) is 16.3 Å². The monoisotopic (exact) mass is 492 g/mol. The number of hydrogen-bond acceptors (Lipinski definition) is 13. The summed E-state index contributed by atoms with van der Waals surface area (Å²) in [5.74, 6) is -0.0158. The number of aromatic nitrogens is 4. The maximum atomic E-state index is 12.4. The summed E-state index contributed by atoms with van der Waals surface area (Å²) in [5.41, 5.74) is 5.19. The topological polar surface area (TPSA) is 204 Å². The van der Waals surface area contributed by atoms with Gasteiger partial charge in [-0.1, -0.05) is 11.8 Å². The van der Waals surface area contributed by atoms with Crippen molar-refractivity contribution < 1.29 is 38.2 Å². The Balaban J connectivity index is 1.63. The van der Waals surface area contributed by atoms with Gasteiger partial charge in [-0.2, -0.15) is 19.3 Å². The van der Waals surface area contributed by atoms with Gasteiger partial charge in [0.25, 0.3) is 5.56 Å². The Morgan fingerprint density at radius 1 is 1.44 bits per heavy atom. The number of nitrogens with zero attached hydrogens (tertiary/aromatic N) is 3. The standard InChI is InChI=1S/C16H22N5O9PS/c1-2-27-8(22)4-3-5-32-16-18-9-12(19-15(17)20-13(9)24)21(16)14-10(23)11-7(29-14)6-28-31(25,26)30-11/h7,10-11,14,23,25-26H,2-6H2,1H3,(H2-,17,19,20,24)/p+1/t7?,10?,11-,14-/m1/s1. The normalized spacial score (nSPS) is 26.9. The Morgan fingerprint density at radius 3 is 2.97 bits per heavy atom. The first-order valence-electron chi connectivity index (χ1n) is 9.77. The highest BCUT2D eigenvalue weighted by molar-refractivity contribution is 7.99. The molecule has 32 heavy (non-hydrogen) atoms. The number of fused-ring (bicyclic) bond motifs is 2. The molecule has 14 nitrogen and oxygen atoms in total. The molecule has 16 heteroatoms. The fourth-order valence-corrected chi connectivity index (χ4v) is 5.42. The molecule has 0 bridgehead atoms. The summed E-state index contributed by atoms with van der Waals surface area (Å²) in [5, 5.41) is 11.1. The Morgan fingerprint density at radius 2 is 2.22 bits per heavy atom. The predicted octanol–water partition coefficient (Wildman–Crippen LogP) is -0.527. The molecule has 6 N–H and O–H groups in total. The molecular formula is C16H23N5O9PS+. The number of nitrogens with two attached hydrogens (primary N) is 1. The minimum atomic E-state index is -4.06. The molecule has 2 unspecified atom stereocenters. The molecule has 0 amide bonds. The number of aliphatic hydroxyl groups excluding tert-OH is 1. The van der Waals surface area contributed by atoms with Crippen molar-refractivity contribution in [2.45, 2.75) is 49.5 Å².